The van der Waals surface area contributed by atoms with E-state index in [9.17, 15) is 9.18 Å². The lowest BCUT2D eigenvalue weighted by Crippen LogP contribution is -2.56. The summed E-state index contributed by atoms with van der Waals surface area (Å²) in [7, 11) is 3.80. The van der Waals surface area contributed by atoms with Crippen LogP contribution in [0, 0.1) is 11.8 Å². The Bertz CT molecular complexity index is 556. The van der Waals surface area contributed by atoms with Gasteiger partial charge in [0.1, 0.15) is 12.2 Å². The molecule has 0 aromatic carbocycles. The predicted octanol–water partition coefficient (Wildman–Crippen LogP) is 1.45. The van der Waals surface area contributed by atoms with E-state index in [4.69, 9.17) is 15.4 Å². The van der Waals surface area contributed by atoms with Crippen LogP contribution in [-0.2, 0) is 14.4 Å². The van der Waals surface area contributed by atoms with Gasteiger partial charge in [0.25, 0.3) is 0 Å². The van der Waals surface area contributed by atoms with Crippen LogP contribution in [0.1, 0.15) is 58.3 Å². The van der Waals surface area contributed by atoms with Crippen LogP contribution in [0.15, 0.2) is 0 Å². The van der Waals surface area contributed by atoms with Crippen LogP contribution in [0.2, 0.25) is 0 Å². The third-order valence-corrected chi connectivity index (χ3v) is 7.29. The Kier molecular flexibility index (Phi) is 11.9. The lowest BCUT2D eigenvalue weighted by Gasteiger charge is -2.43. The van der Waals surface area contributed by atoms with Crippen LogP contribution in [0.5, 0.6) is 0 Å². The van der Waals surface area contributed by atoms with E-state index in [1.165, 1.54) is 58.3 Å². The standard InChI is InChI=1S/C11H22N2.C10H17FN2O2.C2H5NO/c1-12-7-9-13(10-8-12)11-5-3-2-4-6-11;1-5-2-3-7(11)6-4-8(10(12)14)13-15-9(5)6;1-3-2-4/h11H,2-10H2,1H3;5-9,13H,2-4H2,1H3,(H2,12,14);2H,1H3,(H,3,4). The zero-order chi connectivity index (χ0) is 23.5. The summed E-state index contributed by atoms with van der Waals surface area (Å²) in [6.45, 7) is 7.21. The fourth-order valence-electron chi connectivity index (χ4n) is 5.20. The molecule has 4 rings (SSSR count). The van der Waals surface area contributed by atoms with Gasteiger partial charge in [0.05, 0.1) is 6.10 Å². The minimum atomic E-state index is -0.866. The topological polar surface area (TPSA) is 99.9 Å². The molecule has 2 saturated heterocycles. The SMILES string of the molecule is CC1CCC(F)C2CC(C(N)=O)NOC12.CN1CCN(C2CCCCC2)CC1.CNC=O. The van der Waals surface area contributed by atoms with Crippen molar-refractivity contribution in [1.29, 1.82) is 0 Å². The van der Waals surface area contributed by atoms with E-state index in [0.29, 0.717) is 25.2 Å². The van der Waals surface area contributed by atoms with E-state index in [1.54, 1.807) is 7.05 Å². The summed E-state index contributed by atoms with van der Waals surface area (Å²) in [4.78, 5) is 30.5. The van der Waals surface area contributed by atoms with Crippen molar-refractivity contribution in [3.8, 4) is 0 Å². The van der Waals surface area contributed by atoms with Gasteiger partial charge in [0, 0.05) is 45.2 Å². The van der Waals surface area contributed by atoms with Crippen molar-refractivity contribution in [2.24, 2.45) is 17.6 Å². The molecule has 0 spiro atoms. The number of amides is 2. The molecule has 2 saturated carbocycles. The summed E-state index contributed by atoms with van der Waals surface area (Å²) in [6.07, 6.45) is 8.83. The number of primary amides is 1. The molecule has 0 aromatic heterocycles. The third-order valence-electron chi connectivity index (χ3n) is 7.29. The van der Waals surface area contributed by atoms with Crippen LogP contribution in [0.4, 0.5) is 4.39 Å². The van der Waals surface area contributed by atoms with E-state index in [1.807, 2.05) is 0 Å². The van der Waals surface area contributed by atoms with E-state index in [0.717, 1.165) is 12.5 Å². The number of likely N-dealkylation sites (N-methyl/N-ethyl adjacent to an activating group) is 1. The van der Waals surface area contributed by atoms with Gasteiger partial charge in [-0.25, -0.2) is 4.39 Å². The van der Waals surface area contributed by atoms with Gasteiger partial charge in [-0.15, -0.1) is 0 Å². The number of nitrogens with one attached hydrogen (secondary N) is 2. The highest BCUT2D eigenvalue weighted by Crippen LogP contribution is 2.38. The summed E-state index contributed by atoms with van der Waals surface area (Å²) in [6, 6.07) is 0.386. The number of carbonyl (C=O) groups excluding carboxylic acids is 2. The first kappa shape index (κ1) is 27.0. The average Bonchev–Trinajstić information content (AvgIpc) is 2.83. The van der Waals surface area contributed by atoms with E-state index < -0.39 is 18.1 Å². The average molecular weight is 458 g/mol. The first-order valence-electron chi connectivity index (χ1n) is 12.2. The minimum Gasteiger partial charge on any atom is -0.368 e. The van der Waals surface area contributed by atoms with Gasteiger partial charge in [-0.2, -0.15) is 5.48 Å². The normalized spacial score (nSPS) is 34.1. The molecule has 2 heterocycles. The van der Waals surface area contributed by atoms with Gasteiger partial charge in [-0.3, -0.25) is 19.3 Å². The quantitative estimate of drug-likeness (QED) is 0.555. The maximum atomic E-state index is 13.7. The van der Waals surface area contributed by atoms with Crippen LogP contribution in [-0.4, -0.2) is 86.8 Å². The van der Waals surface area contributed by atoms with Gasteiger partial charge in [0.15, 0.2) is 0 Å². The van der Waals surface area contributed by atoms with Crippen molar-refractivity contribution in [1.82, 2.24) is 20.6 Å². The van der Waals surface area contributed by atoms with Crippen molar-refractivity contribution >= 4 is 12.3 Å². The molecule has 2 aliphatic carbocycles. The lowest BCUT2D eigenvalue weighted by molar-refractivity contribution is -0.170. The van der Waals surface area contributed by atoms with Gasteiger partial charge >= 0.3 is 0 Å². The lowest BCUT2D eigenvalue weighted by atomic mass is 9.75. The van der Waals surface area contributed by atoms with Crippen LogP contribution < -0.4 is 16.5 Å². The molecule has 4 fully saturated rings. The summed E-state index contributed by atoms with van der Waals surface area (Å²) in [5, 5.41) is 2.25. The molecular weight excluding hydrogens is 413 g/mol. The summed E-state index contributed by atoms with van der Waals surface area (Å²) < 4.78 is 13.7. The predicted molar refractivity (Wildman–Crippen MR) is 123 cm³/mol. The molecule has 4 aliphatic rings. The monoisotopic (exact) mass is 457 g/mol. The molecular formula is C23H44FN5O3. The second-order valence-electron chi connectivity index (χ2n) is 9.66. The number of rotatable bonds is 3. The van der Waals surface area contributed by atoms with Crippen LogP contribution >= 0.6 is 0 Å². The Morgan fingerprint density at radius 3 is 2.31 bits per heavy atom. The zero-order valence-corrected chi connectivity index (χ0v) is 20.1. The Morgan fingerprint density at radius 2 is 1.75 bits per heavy atom. The second kappa shape index (κ2) is 14.1. The number of nitrogens with two attached hydrogens (primary N) is 1. The fourth-order valence-corrected chi connectivity index (χ4v) is 5.20. The smallest absolute Gasteiger partial charge is 0.236 e. The highest BCUT2D eigenvalue weighted by atomic mass is 19.1. The van der Waals surface area contributed by atoms with Crippen molar-refractivity contribution < 1.29 is 18.8 Å². The van der Waals surface area contributed by atoms with Crippen molar-refractivity contribution in [3.05, 3.63) is 0 Å². The summed E-state index contributed by atoms with van der Waals surface area (Å²) in [5.74, 6) is -0.324. The second-order valence-corrected chi connectivity index (χ2v) is 9.66. The molecule has 32 heavy (non-hydrogen) atoms. The Morgan fingerprint density at radius 1 is 1.12 bits per heavy atom. The summed E-state index contributed by atoms with van der Waals surface area (Å²) >= 11 is 0. The Labute approximate surface area is 192 Å². The van der Waals surface area contributed by atoms with Crippen molar-refractivity contribution in [2.45, 2.75) is 82.6 Å². The maximum absolute atomic E-state index is 13.7. The van der Waals surface area contributed by atoms with Crippen molar-refractivity contribution in [3.63, 3.8) is 0 Å². The van der Waals surface area contributed by atoms with Gasteiger partial charge in [-0.05, 0) is 45.1 Å². The number of hydrogen-bond acceptors (Lipinski definition) is 6. The Hall–Kier alpha value is -1.29. The van der Waals surface area contributed by atoms with Crippen LogP contribution in [0.25, 0.3) is 0 Å². The number of piperazine rings is 1. The maximum Gasteiger partial charge on any atom is 0.236 e. The van der Waals surface area contributed by atoms with Gasteiger partial charge in [-0.1, -0.05) is 26.2 Å². The van der Waals surface area contributed by atoms with E-state index in [2.05, 4.69) is 34.6 Å². The highest BCUT2D eigenvalue weighted by Gasteiger charge is 2.44. The van der Waals surface area contributed by atoms with Crippen LogP contribution in [0.3, 0.4) is 0 Å². The molecule has 186 valence electrons. The molecule has 5 atom stereocenters. The fraction of sp³-hybridized carbons (Fsp3) is 0.913. The molecule has 0 radical (unpaired) electrons. The number of halogens is 1. The molecule has 4 N–H and O–H groups in total. The zero-order valence-electron chi connectivity index (χ0n) is 20.1. The molecule has 8 nitrogen and oxygen atoms in total. The molecule has 0 aromatic rings. The first-order valence-corrected chi connectivity index (χ1v) is 12.2. The molecule has 2 amide bonds. The Balaban J connectivity index is 0.000000196. The number of carbonyl (C=O) groups is 2. The molecule has 9 heteroatoms. The number of hydrogen-bond donors (Lipinski definition) is 3. The molecule has 2 aliphatic heterocycles. The molecule has 0 bridgehead atoms. The number of nitrogens with zero attached hydrogens (tertiary/aromatic N) is 2. The number of fused-ring (bicyclic) bond motifs is 1. The number of alkyl halides is 1. The highest BCUT2D eigenvalue weighted by molar-refractivity contribution is 5.79. The largest absolute Gasteiger partial charge is 0.368 e. The van der Waals surface area contributed by atoms with E-state index >= 15 is 0 Å². The van der Waals surface area contributed by atoms with E-state index in [-0.39, 0.29) is 12.0 Å². The van der Waals surface area contributed by atoms with Crippen molar-refractivity contribution in [2.75, 3.05) is 40.3 Å². The minimum absolute atomic E-state index is 0.121. The summed E-state index contributed by atoms with van der Waals surface area (Å²) in [5.41, 5.74) is 7.79. The first-order chi connectivity index (χ1) is 15.4. The third kappa shape index (κ3) is 8.24. The molecule has 5 unspecified atom stereocenters. The van der Waals surface area contributed by atoms with Gasteiger partial charge in [0.2, 0.25) is 12.3 Å². The van der Waals surface area contributed by atoms with Gasteiger partial charge < -0.3 is 16.0 Å². The number of hydroxylamine groups is 1.